The topological polar surface area (TPSA) is 69.6 Å². The number of hydrogen-bond acceptors (Lipinski definition) is 7. The first-order valence-electron chi connectivity index (χ1n) is 8.47. The lowest BCUT2D eigenvalue weighted by atomic mass is 10.1. The number of carbonyl (C=O) groups is 1. The number of methoxy groups -OCH3 is 2. The number of amides is 1. The summed E-state index contributed by atoms with van der Waals surface area (Å²) >= 11 is 1.31. The molecule has 144 valence electrons. The fourth-order valence-electron chi connectivity index (χ4n) is 2.79. The Balaban J connectivity index is 1.64. The standard InChI is InChI=1S/C20H18N2O5S/c1-22-19(23)18(28-20(22)21-13-4-6-14(24-2)7-5-13)9-12-8-16-17(27-11-26-16)10-15(12)25-3/h4-10H,11H2,1-3H3/b18-9-,21-20?. The zero-order chi connectivity index (χ0) is 19.7. The van der Waals surface area contributed by atoms with Crippen LogP contribution in [0.1, 0.15) is 5.56 Å². The number of amidine groups is 1. The van der Waals surface area contributed by atoms with Crippen LogP contribution >= 0.6 is 11.8 Å². The first kappa shape index (κ1) is 18.2. The van der Waals surface area contributed by atoms with Crippen LogP contribution in [-0.2, 0) is 4.79 Å². The van der Waals surface area contributed by atoms with Crippen molar-refractivity contribution in [1.82, 2.24) is 4.90 Å². The molecule has 0 bridgehead atoms. The Morgan fingerprint density at radius 1 is 1.11 bits per heavy atom. The van der Waals surface area contributed by atoms with Gasteiger partial charge in [0.1, 0.15) is 11.5 Å². The highest BCUT2D eigenvalue weighted by Gasteiger charge is 2.31. The molecule has 28 heavy (non-hydrogen) atoms. The first-order chi connectivity index (χ1) is 13.6. The van der Waals surface area contributed by atoms with Gasteiger partial charge in [-0.2, -0.15) is 0 Å². The molecule has 2 heterocycles. The lowest BCUT2D eigenvalue weighted by Crippen LogP contribution is -2.23. The number of ether oxygens (including phenoxy) is 4. The molecule has 0 N–H and O–H groups in total. The second-order valence-corrected chi connectivity index (χ2v) is 7.02. The van der Waals surface area contributed by atoms with Crippen molar-refractivity contribution < 1.29 is 23.7 Å². The zero-order valence-corrected chi connectivity index (χ0v) is 16.4. The second-order valence-electron chi connectivity index (χ2n) is 6.01. The van der Waals surface area contributed by atoms with Crippen LogP contribution < -0.4 is 18.9 Å². The Kier molecular flexibility index (Phi) is 4.87. The van der Waals surface area contributed by atoms with Gasteiger partial charge in [0.2, 0.25) is 6.79 Å². The first-order valence-corrected chi connectivity index (χ1v) is 9.28. The number of fused-ring (bicyclic) bond motifs is 1. The van der Waals surface area contributed by atoms with Crippen molar-refractivity contribution in [3.05, 3.63) is 46.9 Å². The lowest BCUT2D eigenvalue weighted by Gasteiger charge is -2.08. The van der Waals surface area contributed by atoms with E-state index in [9.17, 15) is 4.79 Å². The van der Waals surface area contributed by atoms with Gasteiger partial charge in [-0.1, -0.05) is 0 Å². The molecule has 2 aromatic carbocycles. The van der Waals surface area contributed by atoms with E-state index in [0.717, 1.165) is 17.0 Å². The largest absolute Gasteiger partial charge is 0.497 e. The van der Waals surface area contributed by atoms with Crippen LogP contribution in [0, 0.1) is 0 Å². The summed E-state index contributed by atoms with van der Waals surface area (Å²) in [4.78, 5) is 19.3. The zero-order valence-electron chi connectivity index (χ0n) is 15.6. The Labute approximate surface area is 166 Å². The molecule has 0 spiro atoms. The van der Waals surface area contributed by atoms with E-state index in [1.165, 1.54) is 16.7 Å². The van der Waals surface area contributed by atoms with E-state index in [2.05, 4.69) is 4.99 Å². The molecule has 0 radical (unpaired) electrons. The van der Waals surface area contributed by atoms with Gasteiger partial charge in [-0.05, 0) is 48.2 Å². The lowest BCUT2D eigenvalue weighted by molar-refractivity contribution is -0.121. The minimum Gasteiger partial charge on any atom is -0.497 e. The molecule has 0 aromatic heterocycles. The summed E-state index contributed by atoms with van der Waals surface area (Å²) in [5.74, 6) is 2.49. The van der Waals surface area contributed by atoms with Crippen molar-refractivity contribution in [2.75, 3.05) is 28.1 Å². The van der Waals surface area contributed by atoms with Crippen molar-refractivity contribution in [3.63, 3.8) is 0 Å². The van der Waals surface area contributed by atoms with E-state index >= 15 is 0 Å². The van der Waals surface area contributed by atoms with Gasteiger partial charge in [-0.3, -0.25) is 9.69 Å². The third kappa shape index (κ3) is 3.38. The molecule has 0 saturated carbocycles. The van der Waals surface area contributed by atoms with Crippen molar-refractivity contribution in [2.24, 2.45) is 4.99 Å². The summed E-state index contributed by atoms with van der Waals surface area (Å²) < 4.78 is 21.4. The monoisotopic (exact) mass is 398 g/mol. The highest BCUT2D eigenvalue weighted by molar-refractivity contribution is 8.18. The van der Waals surface area contributed by atoms with Crippen LogP contribution in [0.25, 0.3) is 6.08 Å². The minimum atomic E-state index is -0.128. The molecule has 1 fully saturated rings. The average Bonchev–Trinajstić information content (AvgIpc) is 3.28. The molecule has 2 aliphatic heterocycles. The fourth-order valence-corrected chi connectivity index (χ4v) is 3.77. The maximum absolute atomic E-state index is 12.7. The molecule has 8 heteroatoms. The van der Waals surface area contributed by atoms with Gasteiger partial charge in [-0.15, -0.1) is 0 Å². The summed E-state index contributed by atoms with van der Waals surface area (Å²) in [6, 6.07) is 10.9. The average molecular weight is 398 g/mol. The molecule has 0 atom stereocenters. The SMILES string of the molecule is COc1ccc(N=C2S/C(=C\c3cc4c(cc3OC)OCO4)C(=O)N2C)cc1. The highest BCUT2D eigenvalue weighted by atomic mass is 32.2. The summed E-state index contributed by atoms with van der Waals surface area (Å²) in [5, 5.41) is 0.598. The number of rotatable bonds is 4. The number of benzene rings is 2. The van der Waals surface area contributed by atoms with Gasteiger partial charge < -0.3 is 18.9 Å². The van der Waals surface area contributed by atoms with E-state index < -0.39 is 0 Å². The number of aliphatic imine (C=N–C) groups is 1. The molecule has 1 saturated heterocycles. The Bertz CT molecular complexity index is 985. The summed E-state index contributed by atoms with van der Waals surface area (Å²) in [6.45, 7) is 0.174. The third-order valence-corrected chi connectivity index (χ3v) is 5.37. The predicted molar refractivity (Wildman–Crippen MR) is 108 cm³/mol. The summed E-state index contributed by atoms with van der Waals surface area (Å²) in [7, 11) is 4.89. The minimum absolute atomic E-state index is 0.128. The van der Waals surface area contributed by atoms with E-state index in [0.29, 0.717) is 27.3 Å². The van der Waals surface area contributed by atoms with E-state index in [4.69, 9.17) is 18.9 Å². The number of hydrogen-bond donors (Lipinski definition) is 0. The van der Waals surface area contributed by atoms with E-state index in [-0.39, 0.29) is 12.7 Å². The Hall–Kier alpha value is -3.13. The molecule has 0 aliphatic carbocycles. The van der Waals surface area contributed by atoms with Crippen LogP contribution in [-0.4, -0.2) is 44.0 Å². The van der Waals surface area contributed by atoms with Crippen LogP contribution in [0.3, 0.4) is 0 Å². The van der Waals surface area contributed by atoms with E-state index in [1.54, 1.807) is 39.5 Å². The van der Waals surface area contributed by atoms with Gasteiger partial charge in [0.05, 0.1) is 24.8 Å². The number of carbonyl (C=O) groups excluding carboxylic acids is 1. The van der Waals surface area contributed by atoms with Crippen molar-refractivity contribution in [2.45, 2.75) is 0 Å². The van der Waals surface area contributed by atoms with Crippen LogP contribution in [0.2, 0.25) is 0 Å². The Morgan fingerprint density at radius 3 is 2.50 bits per heavy atom. The molecule has 1 amide bonds. The quantitative estimate of drug-likeness (QED) is 0.732. The molecular weight excluding hydrogens is 380 g/mol. The maximum Gasteiger partial charge on any atom is 0.266 e. The predicted octanol–water partition coefficient (Wildman–Crippen LogP) is 3.67. The van der Waals surface area contributed by atoms with E-state index in [1.807, 2.05) is 24.3 Å². The van der Waals surface area contributed by atoms with Crippen LogP contribution in [0.4, 0.5) is 5.69 Å². The molecule has 2 aliphatic rings. The molecule has 0 unspecified atom stereocenters. The molecule has 2 aromatic rings. The van der Waals surface area contributed by atoms with Crippen LogP contribution in [0.5, 0.6) is 23.0 Å². The van der Waals surface area contributed by atoms with Gasteiger partial charge >= 0.3 is 0 Å². The molecular formula is C20H18N2O5S. The van der Waals surface area contributed by atoms with Gasteiger partial charge in [0.25, 0.3) is 5.91 Å². The number of thioether (sulfide) groups is 1. The smallest absolute Gasteiger partial charge is 0.266 e. The molecule has 4 rings (SSSR count). The van der Waals surface area contributed by atoms with Crippen molar-refractivity contribution >= 4 is 34.6 Å². The summed E-state index contributed by atoms with van der Waals surface area (Å²) in [5.41, 5.74) is 1.48. The normalized spacial score (nSPS) is 18.2. The van der Waals surface area contributed by atoms with Gasteiger partial charge in [-0.25, -0.2) is 4.99 Å². The van der Waals surface area contributed by atoms with Crippen molar-refractivity contribution in [3.8, 4) is 23.0 Å². The van der Waals surface area contributed by atoms with Gasteiger partial charge in [0.15, 0.2) is 16.7 Å². The Morgan fingerprint density at radius 2 is 1.82 bits per heavy atom. The number of likely N-dealkylation sites (N-methyl/N-ethyl adjacent to an activating group) is 1. The van der Waals surface area contributed by atoms with Gasteiger partial charge in [0, 0.05) is 18.7 Å². The molecule has 7 nitrogen and oxygen atoms in total. The third-order valence-electron chi connectivity index (χ3n) is 4.31. The number of nitrogens with zero attached hydrogens (tertiary/aromatic N) is 2. The fraction of sp³-hybridized carbons (Fsp3) is 0.200. The van der Waals surface area contributed by atoms with Crippen molar-refractivity contribution in [1.29, 1.82) is 0 Å². The highest BCUT2D eigenvalue weighted by Crippen LogP contribution is 2.41. The second kappa shape index (κ2) is 7.47. The van der Waals surface area contributed by atoms with Crippen LogP contribution in [0.15, 0.2) is 46.3 Å². The maximum atomic E-state index is 12.7. The summed E-state index contributed by atoms with van der Waals surface area (Å²) in [6.07, 6.45) is 1.78.